The lowest BCUT2D eigenvalue weighted by Gasteiger charge is -2.18. The van der Waals surface area contributed by atoms with Crippen molar-refractivity contribution in [3.8, 4) is 11.5 Å². The Bertz CT molecular complexity index is 476. The molecule has 1 fully saturated rings. The van der Waals surface area contributed by atoms with Crippen molar-refractivity contribution >= 4 is 0 Å². The number of nitrogens with zero attached hydrogens (tertiary/aromatic N) is 3. The van der Waals surface area contributed by atoms with Gasteiger partial charge in [0.2, 0.25) is 11.8 Å². The van der Waals surface area contributed by atoms with E-state index in [4.69, 9.17) is 4.42 Å². The number of hydrogen-bond acceptors (Lipinski definition) is 5. The number of hydrogen-bond donors (Lipinski definition) is 1. The second-order valence-electron chi connectivity index (χ2n) is 4.21. The minimum absolute atomic E-state index is 0.397. The van der Waals surface area contributed by atoms with Crippen LogP contribution in [0.4, 0.5) is 0 Å². The van der Waals surface area contributed by atoms with Crippen LogP contribution >= 0.6 is 0 Å². The molecule has 0 unspecified atom stereocenters. The lowest BCUT2D eigenvalue weighted by molar-refractivity contribution is 0.378. The summed E-state index contributed by atoms with van der Waals surface area (Å²) in [7, 11) is 0. The van der Waals surface area contributed by atoms with Crippen LogP contribution in [0.2, 0.25) is 0 Å². The molecule has 0 bridgehead atoms. The summed E-state index contributed by atoms with van der Waals surface area (Å²) in [6, 6.07) is 3.79. The maximum absolute atomic E-state index is 5.72. The second kappa shape index (κ2) is 4.63. The molecule has 2 aromatic rings. The quantitative estimate of drug-likeness (QED) is 0.849. The average Bonchev–Trinajstić information content (AvgIpc) is 2.90. The van der Waals surface area contributed by atoms with Crippen LogP contribution in [0.3, 0.4) is 0 Å². The summed E-state index contributed by atoms with van der Waals surface area (Å²) >= 11 is 0. The third-order valence-corrected chi connectivity index (χ3v) is 3.04. The Labute approximate surface area is 99.3 Å². The van der Waals surface area contributed by atoms with Gasteiger partial charge in [-0.05, 0) is 38.1 Å². The lowest BCUT2D eigenvalue weighted by Crippen LogP contribution is -2.26. The Morgan fingerprint density at radius 3 is 2.88 bits per heavy atom. The number of piperidine rings is 1. The minimum Gasteiger partial charge on any atom is -0.420 e. The van der Waals surface area contributed by atoms with Crippen LogP contribution in [0, 0.1) is 0 Å². The van der Waals surface area contributed by atoms with Gasteiger partial charge in [-0.15, -0.1) is 10.2 Å². The van der Waals surface area contributed by atoms with E-state index in [1.807, 2.05) is 12.1 Å². The number of nitrogens with one attached hydrogen (secondary N) is 1. The van der Waals surface area contributed by atoms with E-state index in [0.29, 0.717) is 11.8 Å². The molecule has 17 heavy (non-hydrogen) atoms. The third-order valence-electron chi connectivity index (χ3n) is 3.04. The zero-order valence-electron chi connectivity index (χ0n) is 9.47. The number of aromatic nitrogens is 3. The highest BCUT2D eigenvalue weighted by atomic mass is 16.4. The highest BCUT2D eigenvalue weighted by molar-refractivity contribution is 5.49. The van der Waals surface area contributed by atoms with Crippen LogP contribution in [0.1, 0.15) is 24.7 Å². The smallest absolute Gasteiger partial charge is 0.249 e. The molecule has 0 radical (unpaired) electrons. The maximum Gasteiger partial charge on any atom is 0.249 e. The molecule has 0 spiro atoms. The predicted octanol–water partition coefficient (Wildman–Crippen LogP) is 1.60. The van der Waals surface area contributed by atoms with Crippen LogP contribution in [-0.4, -0.2) is 28.3 Å². The first-order chi connectivity index (χ1) is 8.43. The van der Waals surface area contributed by atoms with Gasteiger partial charge in [-0.1, -0.05) is 0 Å². The van der Waals surface area contributed by atoms with E-state index >= 15 is 0 Å². The molecule has 1 aliphatic rings. The Morgan fingerprint density at radius 1 is 1.24 bits per heavy atom. The molecule has 88 valence electrons. The van der Waals surface area contributed by atoms with Crippen molar-refractivity contribution in [2.45, 2.75) is 18.8 Å². The Morgan fingerprint density at radius 2 is 2.12 bits per heavy atom. The zero-order valence-corrected chi connectivity index (χ0v) is 9.47. The molecule has 5 heteroatoms. The van der Waals surface area contributed by atoms with E-state index in [-0.39, 0.29) is 0 Å². The summed E-state index contributed by atoms with van der Waals surface area (Å²) in [6.45, 7) is 2.05. The molecule has 0 aliphatic carbocycles. The lowest BCUT2D eigenvalue weighted by atomic mass is 9.98. The van der Waals surface area contributed by atoms with Gasteiger partial charge in [-0.2, -0.15) is 0 Å². The van der Waals surface area contributed by atoms with Crippen molar-refractivity contribution in [1.82, 2.24) is 20.5 Å². The molecule has 2 aromatic heterocycles. The maximum atomic E-state index is 5.72. The molecule has 1 saturated heterocycles. The van der Waals surface area contributed by atoms with Gasteiger partial charge in [0.1, 0.15) is 0 Å². The first kappa shape index (κ1) is 10.4. The van der Waals surface area contributed by atoms with Gasteiger partial charge in [-0.25, -0.2) is 0 Å². The summed E-state index contributed by atoms with van der Waals surface area (Å²) < 4.78 is 5.72. The topological polar surface area (TPSA) is 63.8 Å². The molecule has 0 amide bonds. The largest absolute Gasteiger partial charge is 0.420 e. The third kappa shape index (κ3) is 2.19. The highest BCUT2D eigenvalue weighted by Gasteiger charge is 2.21. The summed E-state index contributed by atoms with van der Waals surface area (Å²) in [5, 5.41) is 11.6. The van der Waals surface area contributed by atoms with Gasteiger partial charge in [0.25, 0.3) is 0 Å². The molecule has 0 atom stereocenters. The SMILES string of the molecule is c1cncc(-c2nnc(C3CCNCC3)o2)c1. The summed E-state index contributed by atoms with van der Waals surface area (Å²) in [5.74, 6) is 1.71. The van der Waals surface area contributed by atoms with E-state index < -0.39 is 0 Å². The highest BCUT2D eigenvalue weighted by Crippen LogP contribution is 2.26. The predicted molar refractivity (Wildman–Crippen MR) is 62.4 cm³/mol. The fourth-order valence-corrected chi connectivity index (χ4v) is 2.07. The van der Waals surface area contributed by atoms with E-state index in [1.165, 1.54) is 0 Å². The van der Waals surface area contributed by atoms with Crippen LogP contribution in [0.25, 0.3) is 11.5 Å². The van der Waals surface area contributed by atoms with Crippen molar-refractivity contribution in [2.24, 2.45) is 0 Å². The van der Waals surface area contributed by atoms with Crippen LogP contribution in [0.5, 0.6) is 0 Å². The van der Waals surface area contributed by atoms with Gasteiger partial charge in [0, 0.05) is 18.3 Å². The van der Waals surface area contributed by atoms with Gasteiger partial charge >= 0.3 is 0 Å². The van der Waals surface area contributed by atoms with E-state index in [0.717, 1.165) is 37.4 Å². The van der Waals surface area contributed by atoms with Crippen LogP contribution < -0.4 is 5.32 Å². The van der Waals surface area contributed by atoms with E-state index in [2.05, 4.69) is 20.5 Å². The van der Waals surface area contributed by atoms with Crippen molar-refractivity contribution < 1.29 is 4.42 Å². The minimum atomic E-state index is 0.397. The van der Waals surface area contributed by atoms with Crippen molar-refractivity contribution in [3.63, 3.8) is 0 Å². The Hall–Kier alpha value is -1.75. The molecule has 3 heterocycles. The van der Waals surface area contributed by atoms with Crippen molar-refractivity contribution in [3.05, 3.63) is 30.4 Å². The summed E-state index contributed by atoms with van der Waals surface area (Å²) in [5.41, 5.74) is 0.875. The summed E-state index contributed by atoms with van der Waals surface area (Å²) in [4.78, 5) is 4.05. The van der Waals surface area contributed by atoms with Gasteiger partial charge in [0.15, 0.2) is 0 Å². The second-order valence-corrected chi connectivity index (χ2v) is 4.21. The molecule has 5 nitrogen and oxygen atoms in total. The average molecular weight is 230 g/mol. The molecule has 3 rings (SSSR count). The van der Waals surface area contributed by atoms with Crippen LogP contribution in [-0.2, 0) is 0 Å². The van der Waals surface area contributed by atoms with E-state index in [1.54, 1.807) is 12.4 Å². The van der Waals surface area contributed by atoms with Crippen molar-refractivity contribution in [2.75, 3.05) is 13.1 Å². The Balaban J connectivity index is 1.83. The monoisotopic (exact) mass is 230 g/mol. The molecule has 1 N–H and O–H groups in total. The molecule has 0 saturated carbocycles. The first-order valence-corrected chi connectivity index (χ1v) is 5.88. The first-order valence-electron chi connectivity index (χ1n) is 5.88. The normalized spacial score (nSPS) is 17.2. The standard InChI is InChI=1S/C12H14N4O/c1-2-10(8-14-5-1)12-16-15-11(17-12)9-3-6-13-7-4-9/h1-2,5,8-9,13H,3-4,6-7H2. The number of rotatable bonds is 2. The fraction of sp³-hybridized carbons (Fsp3) is 0.417. The molecule has 0 aromatic carbocycles. The summed E-state index contributed by atoms with van der Waals surface area (Å²) in [6.07, 6.45) is 5.59. The zero-order chi connectivity index (χ0) is 11.5. The molecular formula is C12H14N4O. The molecular weight excluding hydrogens is 216 g/mol. The van der Waals surface area contributed by atoms with Gasteiger partial charge < -0.3 is 9.73 Å². The number of pyridine rings is 1. The Kier molecular flexibility index (Phi) is 2.83. The van der Waals surface area contributed by atoms with E-state index in [9.17, 15) is 0 Å². The van der Waals surface area contributed by atoms with Gasteiger partial charge in [0.05, 0.1) is 5.56 Å². The molecule has 1 aliphatic heterocycles. The van der Waals surface area contributed by atoms with Crippen molar-refractivity contribution in [1.29, 1.82) is 0 Å². The van der Waals surface area contributed by atoms with Crippen LogP contribution in [0.15, 0.2) is 28.9 Å². The fourth-order valence-electron chi connectivity index (χ4n) is 2.07. The van der Waals surface area contributed by atoms with Gasteiger partial charge in [-0.3, -0.25) is 4.98 Å².